The van der Waals surface area contributed by atoms with E-state index in [0.29, 0.717) is 5.56 Å². The molecule has 4 nitrogen and oxygen atoms in total. The van der Waals surface area contributed by atoms with E-state index >= 15 is 0 Å². The molecule has 1 fully saturated rings. The number of para-hydroxylation sites is 1. The summed E-state index contributed by atoms with van der Waals surface area (Å²) in [5.41, 5.74) is 0.515. The van der Waals surface area contributed by atoms with E-state index in [9.17, 15) is 9.90 Å². The van der Waals surface area contributed by atoms with E-state index in [-0.39, 0.29) is 23.6 Å². The third kappa shape index (κ3) is 2.97. The number of amides is 1. The molecule has 0 saturated carbocycles. The minimum absolute atomic E-state index is 0.0438. The number of nitrogens with one attached hydrogen (secondary N) is 2. The second kappa shape index (κ2) is 4.75. The standard InChI is InChI=1S/C13H18N2O2/c1-13(6-7-14-9-13)15-12(17)8-10-4-2-3-5-11(10)16/h2-5,14,16H,6-9H2,1H3,(H,15,17). The van der Waals surface area contributed by atoms with E-state index in [1.807, 2.05) is 13.0 Å². The minimum Gasteiger partial charge on any atom is -0.508 e. The molecule has 1 aliphatic rings. The lowest BCUT2D eigenvalue weighted by molar-refractivity contribution is -0.122. The van der Waals surface area contributed by atoms with Crippen molar-refractivity contribution in [1.29, 1.82) is 0 Å². The van der Waals surface area contributed by atoms with Crippen LogP contribution in [0, 0.1) is 0 Å². The van der Waals surface area contributed by atoms with Crippen LogP contribution in [-0.4, -0.2) is 29.6 Å². The van der Waals surface area contributed by atoms with Gasteiger partial charge in [0, 0.05) is 12.1 Å². The number of rotatable bonds is 3. The molecule has 0 spiro atoms. The van der Waals surface area contributed by atoms with Crippen LogP contribution in [0.1, 0.15) is 18.9 Å². The lowest BCUT2D eigenvalue weighted by Crippen LogP contribution is -2.48. The Balaban J connectivity index is 1.96. The van der Waals surface area contributed by atoms with Crippen LogP contribution in [0.4, 0.5) is 0 Å². The zero-order valence-corrected chi connectivity index (χ0v) is 9.99. The van der Waals surface area contributed by atoms with Gasteiger partial charge in [-0.05, 0) is 26.0 Å². The van der Waals surface area contributed by atoms with Gasteiger partial charge in [0.25, 0.3) is 0 Å². The van der Waals surface area contributed by atoms with E-state index in [4.69, 9.17) is 0 Å². The van der Waals surface area contributed by atoms with Gasteiger partial charge in [-0.2, -0.15) is 0 Å². The molecule has 2 rings (SSSR count). The second-order valence-corrected chi connectivity index (χ2v) is 4.84. The Morgan fingerprint density at radius 3 is 2.94 bits per heavy atom. The molecule has 1 saturated heterocycles. The summed E-state index contributed by atoms with van der Waals surface area (Å²) in [6.45, 7) is 3.78. The molecule has 1 aromatic carbocycles. The molecule has 92 valence electrons. The third-order valence-corrected chi connectivity index (χ3v) is 3.15. The number of hydrogen-bond acceptors (Lipinski definition) is 3. The van der Waals surface area contributed by atoms with Gasteiger partial charge in [-0.3, -0.25) is 4.79 Å². The Hall–Kier alpha value is -1.55. The molecule has 1 heterocycles. The maximum absolute atomic E-state index is 11.9. The number of hydrogen-bond donors (Lipinski definition) is 3. The lowest BCUT2D eigenvalue weighted by atomic mass is 10.0. The van der Waals surface area contributed by atoms with Crippen molar-refractivity contribution in [2.75, 3.05) is 13.1 Å². The monoisotopic (exact) mass is 234 g/mol. The van der Waals surface area contributed by atoms with Crippen LogP contribution >= 0.6 is 0 Å². The van der Waals surface area contributed by atoms with Crippen molar-refractivity contribution in [1.82, 2.24) is 10.6 Å². The van der Waals surface area contributed by atoms with Gasteiger partial charge in [0.15, 0.2) is 0 Å². The summed E-state index contributed by atoms with van der Waals surface area (Å²) in [6, 6.07) is 6.94. The normalized spacial score (nSPS) is 23.6. The summed E-state index contributed by atoms with van der Waals surface area (Å²) >= 11 is 0. The predicted octanol–water partition coefficient (Wildman–Crippen LogP) is 0.803. The molecule has 1 atom stereocenters. The molecule has 0 radical (unpaired) electrons. The fraction of sp³-hybridized carbons (Fsp3) is 0.462. The largest absolute Gasteiger partial charge is 0.508 e. The first-order valence-corrected chi connectivity index (χ1v) is 5.88. The Kier molecular flexibility index (Phi) is 3.33. The molecule has 4 heteroatoms. The molecule has 3 N–H and O–H groups in total. The average molecular weight is 234 g/mol. The van der Waals surface area contributed by atoms with Crippen molar-refractivity contribution in [3.8, 4) is 5.75 Å². The van der Waals surface area contributed by atoms with Crippen molar-refractivity contribution < 1.29 is 9.90 Å². The molecule has 1 amide bonds. The summed E-state index contributed by atoms with van der Waals surface area (Å²) in [4.78, 5) is 11.9. The summed E-state index contributed by atoms with van der Waals surface area (Å²) in [5, 5.41) is 15.8. The van der Waals surface area contributed by atoms with E-state index in [2.05, 4.69) is 10.6 Å². The first-order chi connectivity index (χ1) is 8.09. The predicted molar refractivity (Wildman–Crippen MR) is 65.8 cm³/mol. The van der Waals surface area contributed by atoms with Gasteiger partial charge in [0.05, 0.1) is 12.0 Å². The second-order valence-electron chi connectivity index (χ2n) is 4.84. The van der Waals surface area contributed by atoms with Crippen LogP contribution in [-0.2, 0) is 11.2 Å². The van der Waals surface area contributed by atoms with Gasteiger partial charge in [-0.15, -0.1) is 0 Å². The van der Waals surface area contributed by atoms with E-state index in [1.165, 1.54) is 0 Å². The summed E-state index contributed by atoms with van der Waals surface area (Å²) in [5.74, 6) is 0.134. The maximum atomic E-state index is 11.9. The first-order valence-electron chi connectivity index (χ1n) is 5.88. The zero-order valence-electron chi connectivity index (χ0n) is 9.99. The summed E-state index contributed by atoms with van der Waals surface area (Å²) in [6.07, 6.45) is 1.17. The van der Waals surface area contributed by atoms with Crippen LogP contribution < -0.4 is 10.6 Å². The Morgan fingerprint density at radius 2 is 2.29 bits per heavy atom. The third-order valence-electron chi connectivity index (χ3n) is 3.15. The molecule has 0 aliphatic carbocycles. The Morgan fingerprint density at radius 1 is 1.53 bits per heavy atom. The number of benzene rings is 1. The fourth-order valence-electron chi connectivity index (χ4n) is 2.14. The van der Waals surface area contributed by atoms with Crippen LogP contribution in [0.3, 0.4) is 0 Å². The highest BCUT2D eigenvalue weighted by atomic mass is 16.3. The Labute approximate surface area is 101 Å². The minimum atomic E-state index is -0.151. The Bertz CT molecular complexity index is 412. The fourth-order valence-corrected chi connectivity index (χ4v) is 2.14. The number of phenolic OH excluding ortho intramolecular Hbond substituents is 1. The first kappa shape index (κ1) is 11.9. The van der Waals surface area contributed by atoms with Gasteiger partial charge in [-0.25, -0.2) is 0 Å². The number of carbonyl (C=O) groups is 1. The zero-order chi connectivity index (χ0) is 12.3. The molecule has 1 aliphatic heterocycles. The van der Waals surface area contributed by atoms with Crippen LogP contribution in [0.2, 0.25) is 0 Å². The van der Waals surface area contributed by atoms with Gasteiger partial charge in [0.1, 0.15) is 5.75 Å². The van der Waals surface area contributed by atoms with Crippen LogP contribution in [0.25, 0.3) is 0 Å². The molecule has 17 heavy (non-hydrogen) atoms. The SMILES string of the molecule is CC1(NC(=O)Cc2ccccc2O)CCNC1. The highest BCUT2D eigenvalue weighted by Gasteiger charge is 2.29. The topological polar surface area (TPSA) is 61.4 Å². The van der Waals surface area contributed by atoms with Gasteiger partial charge in [-0.1, -0.05) is 18.2 Å². The average Bonchev–Trinajstić information content (AvgIpc) is 2.68. The molecular weight excluding hydrogens is 216 g/mol. The van der Waals surface area contributed by atoms with E-state index < -0.39 is 0 Å². The van der Waals surface area contributed by atoms with Crippen molar-refractivity contribution in [2.24, 2.45) is 0 Å². The summed E-state index contributed by atoms with van der Waals surface area (Å²) in [7, 11) is 0. The molecule has 0 aromatic heterocycles. The van der Waals surface area contributed by atoms with Crippen molar-refractivity contribution in [3.63, 3.8) is 0 Å². The molecule has 1 aromatic rings. The lowest BCUT2D eigenvalue weighted by Gasteiger charge is -2.24. The molecule has 0 bridgehead atoms. The van der Waals surface area contributed by atoms with Gasteiger partial charge < -0.3 is 15.7 Å². The van der Waals surface area contributed by atoms with E-state index in [0.717, 1.165) is 19.5 Å². The maximum Gasteiger partial charge on any atom is 0.225 e. The molecular formula is C13H18N2O2. The quantitative estimate of drug-likeness (QED) is 0.725. The number of carbonyl (C=O) groups excluding carboxylic acids is 1. The molecule has 1 unspecified atom stereocenters. The summed E-state index contributed by atoms with van der Waals surface area (Å²) < 4.78 is 0. The van der Waals surface area contributed by atoms with E-state index in [1.54, 1.807) is 18.2 Å². The van der Waals surface area contributed by atoms with Crippen molar-refractivity contribution in [2.45, 2.75) is 25.3 Å². The van der Waals surface area contributed by atoms with Gasteiger partial charge in [0.2, 0.25) is 5.91 Å². The number of phenols is 1. The van der Waals surface area contributed by atoms with Gasteiger partial charge >= 0.3 is 0 Å². The van der Waals surface area contributed by atoms with Crippen molar-refractivity contribution in [3.05, 3.63) is 29.8 Å². The van der Waals surface area contributed by atoms with Crippen LogP contribution in [0.5, 0.6) is 5.75 Å². The van der Waals surface area contributed by atoms with Crippen molar-refractivity contribution >= 4 is 5.91 Å². The smallest absolute Gasteiger partial charge is 0.225 e. The highest BCUT2D eigenvalue weighted by Crippen LogP contribution is 2.17. The number of aromatic hydroxyl groups is 1. The highest BCUT2D eigenvalue weighted by molar-refractivity contribution is 5.80. The van der Waals surface area contributed by atoms with Crippen LogP contribution in [0.15, 0.2) is 24.3 Å².